The normalized spacial score (nSPS) is 20.4. The first-order valence-corrected chi connectivity index (χ1v) is 36.5. The molecule has 0 spiro atoms. The van der Waals surface area contributed by atoms with Crippen LogP contribution in [0.5, 0.6) is 0 Å². The Morgan fingerprint density at radius 3 is 0.966 bits per heavy atom. The van der Waals surface area contributed by atoms with E-state index in [-0.39, 0.29) is 95.0 Å². The molecule has 11 amide bonds. The SMILES string of the molecule is CC(C)(C)OC(=O)NCCCC(=O)NC(COCCC(=O)NCC(=O)NCCCC(=O)Nc1ccn([C@@H]2O[C@H](CO)[C@@H](O)C2(F)F)c(=O)n1)(COCCC(=O)NCC(=O)NCCCC(=O)Nc1ccn([C@@H]2O[C@H](CO)[C@@H](O)C2(F)F)c(=O)n1)COCCC(=O)NCC(=O)NCCCC(=O)Nc1ccn([C@@H]2O[C@H](CO)[C@@H](O)C2(F)F)c(=O)n1. The van der Waals surface area contributed by atoms with Crippen LogP contribution >= 0.6 is 0 Å². The Hall–Kier alpha value is -10.3. The first kappa shape index (κ1) is 95.6. The van der Waals surface area contributed by atoms with Gasteiger partial charge in [0.05, 0.1) is 79.1 Å². The first-order chi connectivity index (χ1) is 55.2. The van der Waals surface area contributed by atoms with Gasteiger partial charge in [0.1, 0.15) is 46.9 Å². The number of anilines is 3. The third kappa shape index (κ3) is 29.7. The maximum Gasteiger partial charge on any atom is 0.407 e. The van der Waals surface area contributed by atoms with Crippen molar-refractivity contribution in [3.63, 3.8) is 0 Å². The summed E-state index contributed by atoms with van der Waals surface area (Å²) in [6.07, 6.45) is -19.6. The van der Waals surface area contributed by atoms with Gasteiger partial charge in [0, 0.05) is 89.7 Å². The van der Waals surface area contributed by atoms with Gasteiger partial charge in [-0.3, -0.25) is 61.6 Å². The van der Waals surface area contributed by atoms with E-state index in [0.717, 1.165) is 36.8 Å². The predicted octanol–water partition coefficient (Wildman–Crippen LogP) is -5.35. The lowest BCUT2D eigenvalue weighted by atomic mass is 10.0. The minimum Gasteiger partial charge on any atom is -0.444 e. The monoisotopic (exact) mass is 1680 g/mol. The molecule has 50 heteroatoms. The van der Waals surface area contributed by atoms with Crippen molar-refractivity contribution in [1.82, 2.24) is 71.2 Å². The van der Waals surface area contributed by atoms with E-state index in [1.54, 1.807) is 20.8 Å². The minimum absolute atomic E-state index is 0.0210. The highest BCUT2D eigenvalue weighted by Crippen LogP contribution is 2.44. The number of alkyl carbamates (subject to hydrolysis) is 1. The molecule has 6 heterocycles. The van der Waals surface area contributed by atoms with Gasteiger partial charge in [-0.05, 0) is 64.7 Å². The number of carbonyl (C=O) groups is 11. The second-order valence-corrected chi connectivity index (χ2v) is 27.6. The summed E-state index contributed by atoms with van der Waals surface area (Å²) in [6, 6.07) is 3.04. The average Bonchev–Trinajstić information content (AvgIpc) is 1.63. The first-order valence-electron chi connectivity index (χ1n) is 36.5. The Kier molecular flexibility index (Phi) is 36.6. The lowest BCUT2D eigenvalue weighted by molar-refractivity contribution is -0.141. The second-order valence-electron chi connectivity index (χ2n) is 27.6. The van der Waals surface area contributed by atoms with E-state index in [9.17, 15) is 124 Å². The summed E-state index contributed by atoms with van der Waals surface area (Å²) in [5.41, 5.74) is -6.41. The van der Waals surface area contributed by atoms with Crippen molar-refractivity contribution in [3.05, 3.63) is 68.2 Å². The van der Waals surface area contributed by atoms with Crippen LogP contribution in [-0.4, -0.2) is 295 Å². The lowest BCUT2D eigenvalue weighted by Crippen LogP contribution is -2.59. The fourth-order valence-electron chi connectivity index (χ4n) is 11.0. The second kappa shape index (κ2) is 44.9. The van der Waals surface area contributed by atoms with E-state index in [2.05, 4.69) is 73.4 Å². The molecule has 3 saturated heterocycles. The Balaban J connectivity index is 0.987. The molecule has 0 saturated carbocycles. The van der Waals surface area contributed by atoms with Crippen LogP contribution in [0.2, 0.25) is 0 Å². The van der Waals surface area contributed by atoms with Gasteiger partial charge >= 0.3 is 40.9 Å². The third-order valence-corrected chi connectivity index (χ3v) is 17.0. The van der Waals surface area contributed by atoms with Crippen LogP contribution in [0, 0.1) is 0 Å². The molecule has 3 fully saturated rings. The van der Waals surface area contributed by atoms with E-state index in [4.69, 9.17) is 33.2 Å². The number of amides is 11. The highest BCUT2D eigenvalue weighted by Gasteiger charge is 2.62. The molecular weight excluding hydrogens is 1590 g/mol. The van der Waals surface area contributed by atoms with Crippen molar-refractivity contribution >= 4 is 82.6 Å². The summed E-state index contributed by atoms with van der Waals surface area (Å²) in [5, 5.41) is 84.0. The zero-order valence-corrected chi connectivity index (χ0v) is 63.5. The number of carbonyl (C=O) groups excluding carboxylic acids is 11. The topological polar surface area (TPSA) is 611 Å². The van der Waals surface area contributed by atoms with Crippen LogP contribution in [0.25, 0.3) is 0 Å². The van der Waals surface area contributed by atoms with Crippen LogP contribution < -0.4 is 75.6 Å². The molecule has 0 radical (unpaired) electrons. The molecule has 0 aromatic carbocycles. The fraction of sp³-hybridized carbons (Fsp3) is 0.657. The molecule has 117 heavy (non-hydrogen) atoms. The largest absolute Gasteiger partial charge is 0.444 e. The summed E-state index contributed by atoms with van der Waals surface area (Å²) in [5.74, 6) is -19.9. The average molecular weight is 1680 g/mol. The van der Waals surface area contributed by atoms with Crippen LogP contribution in [-0.2, 0) is 81.1 Å². The number of aromatic nitrogens is 6. The molecule has 652 valence electrons. The van der Waals surface area contributed by atoms with Gasteiger partial charge in [-0.25, -0.2) is 19.2 Å². The Morgan fingerprint density at radius 2 is 0.701 bits per heavy atom. The van der Waals surface area contributed by atoms with E-state index < -0.39 is 265 Å². The standard InChI is InChI=1S/C67H95F6N17O27/c1-63(2,3)117-62(110)77-21-7-11-49(100)87-64(34-111-25-15-43(94)78-28-50(101)74-18-4-8-46(97)81-40-12-22-88(59(107)84-40)56-65(68,69)53(104)37(31-91)114-56,35-112-26-16-44(95)79-29-51(102)75-19-5-9-47(98)82-41-13-23-89(60(108)85-41)57-66(70,71)54(105)38(32-92)115-57)36-113-27-17-45(96)80-30-52(103)76-20-6-10-48(99)83-42-14-24-90(61(109)86-42)58-67(72,73)55(106)39(33-93)116-58/h12-14,22-24,37-39,53-58,91-93,104-106H,4-11,15-21,25-36H2,1-3H3,(H,74,101)(H,75,102)(H,76,103)(H,77,110)(H,78,94)(H,79,95)(H,80,96)(H,87,100)(H,81,84,97,107)(H,82,85,98,108)(H,83,86,99,109)/t37-,38-,39-,53-,54-,55-,56-,57-,58-/m1/s1. The highest BCUT2D eigenvalue weighted by atomic mass is 19.3. The van der Waals surface area contributed by atoms with Crippen LogP contribution in [0.3, 0.4) is 0 Å². The Bertz CT molecular complexity index is 3740. The molecule has 0 unspecified atom stereocenters. The number of hydrogen-bond donors (Lipinski definition) is 17. The fourth-order valence-corrected chi connectivity index (χ4v) is 11.0. The number of alkyl halides is 6. The van der Waals surface area contributed by atoms with Crippen molar-refractivity contribution in [2.24, 2.45) is 0 Å². The van der Waals surface area contributed by atoms with E-state index in [1.807, 2.05) is 0 Å². The predicted molar refractivity (Wildman–Crippen MR) is 384 cm³/mol. The van der Waals surface area contributed by atoms with Gasteiger partial charge in [0.2, 0.25) is 77.8 Å². The number of ether oxygens (including phenoxy) is 7. The molecule has 0 bridgehead atoms. The lowest BCUT2D eigenvalue weighted by Gasteiger charge is -2.34. The zero-order valence-electron chi connectivity index (χ0n) is 63.5. The molecule has 3 aromatic rings. The minimum atomic E-state index is -3.98. The number of hydrogen-bond acceptors (Lipinski definition) is 30. The maximum atomic E-state index is 14.6. The van der Waals surface area contributed by atoms with Gasteiger partial charge in [0.25, 0.3) is 0 Å². The van der Waals surface area contributed by atoms with Crippen LogP contribution in [0.15, 0.2) is 51.2 Å². The van der Waals surface area contributed by atoms with Gasteiger partial charge in [-0.2, -0.15) is 41.3 Å². The summed E-state index contributed by atoms with van der Waals surface area (Å²) >= 11 is 0. The van der Waals surface area contributed by atoms with Crippen LogP contribution in [0.4, 0.5) is 48.6 Å². The molecule has 44 nitrogen and oxygen atoms in total. The number of nitrogens with zero attached hydrogens (tertiary/aromatic N) is 6. The molecule has 0 aliphatic carbocycles. The molecule has 17 N–H and O–H groups in total. The molecule has 6 rings (SSSR count). The van der Waals surface area contributed by atoms with Crippen LogP contribution in [0.1, 0.15) is 110 Å². The van der Waals surface area contributed by atoms with Gasteiger partial charge in [-0.1, -0.05) is 0 Å². The maximum absolute atomic E-state index is 14.6. The molecule has 9 atom stereocenters. The Labute approximate surface area is 659 Å². The third-order valence-electron chi connectivity index (χ3n) is 17.0. The van der Waals surface area contributed by atoms with Crippen molar-refractivity contribution in [2.45, 2.75) is 176 Å². The smallest absolute Gasteiger partial charge is 0.407 e. The van der Waals surface area contributed by atoms with Crippen molar-refractivity contribution in [3.8, 4) is 0 Å². The number of aliphatic hydroxyl groups is 6. The zero-order chi connectivity index (χ0) is 86.4. The number of halogens is 6. The van der Waals surface area contributed by atoms with Gasteiger partial charge < -0.3 is 122 Å². The molecule has 3 aliphatic heterocycles. The van der Waals surface area contributed by atoms with E-state index in [1.165, 1.54) is 0 Å². The highest BCUT2D eigenvalue weighted by molar-refractivity contribution is 5.91. The molecule has 3 aliphatic rings. The quantitative estimate of drug-likeness (QED) is 0.0185. The summed E-state index contributed by atoms with van der Waals surface area (Å²) < 4.78 is 126. The van der Waals surface area contributed by atoms with Crippen molar-refractivity contribution < 1.29 is 143 Å². The van der Waals surface area contributed by atoms with Crippen molar-refractivity contribution in [1.29, 1.82) is 0 Å². The Morgan fingerprint density at radius 1 is 0.419 bits per heavy atom. The number of aliphatic hydroxyl groups excluding tert-OH is 6. The van der Waals surface area contributed by atoms with Crippen molar-refractivity contribution in [2.75, 3.05) is 121 Å². The van der Waals surface area contributed by atoms with E-state index >= 15 is 0 Å². The molecular formula is C67H95F6N17O27. The van der Waals surface area contributed by atoms with E-state index in [0.29, 0.717) is 13.7 Å². The number of nitrogens with one attached hydrogen (secondary N) is 11. The summed E-state index contributed by atoms with van der Waals surface area (Å²) in [6.45, 7) is -2.76. The summed E-state index contributed by atoms with van der Waals surface area (Å²) in [4.78, 5) is 189. The molecule has 3 aromatic heterocycles. The summed E-state index contributed by atoms with van der Waals surface area (Å²) in [7, 11) is 0. The van der Waals surface area contributed by atoms with Gasteiger partial charge in [0.15, 0.2) is 18.3 Å². The van der Waals surface area contributed by atoms with Gasteiger partial charge in [-0.15, -0.1) is 0 Å². The number of rotatable bonds is 47.